The van der Waals surface area contributed by atoms with E-state index in [1.807, 2.05) is 30.3 Å². The van der Waals surface area contributed by atoms with Crippen molar-refractivity contribution in [3.8, 4) is 0 Å². The van der Waals surface area contributed by atoms with Crippen molar-refractivity contribution >= 4 is 11.6 Å². The van der Waals surface area contributed by atoms with E-state index in [1.165, 1.54) is 5.56 Å². The van der Waals surface area contributed by atoms with Gasteiger partial charge in [-0.2, -0.15) is 0 Å². The van der Waals surface area contributed by atoms with Crippen LogP contribution in [0.1, 0.15) is 23.1 Å². The average molecular weight is 372 g/mol. The van der Waals surface area contributed by atoms with E-state index in [1.54, 1.807) is 0 Å². The number of benzene rings is 2. The fourth-order valence-corrected chi connectivity index (χ4v) is 4.66. The number of aliphatic hydroxyl groups is 1. The highest BCUT2D eigenvalue weighted by Gasteiger charge is 2.43. The van der Waals surface area contributed by atoms with Crippen LogP contribution in [0.25, 0.3) is 0 Å². The van der Waals surface area contributed by atoms with Gasteiger partial charge in [0.15, 0.2) is 0 Å². The topological polar surface area (TPSA) is 32.7 Å². The van der Waals surface area contributed by atoms with Crippen molar-refractivity contribution in [3.63, 3.8) is 0 Å². The summed E-state index contributed by atoms with van der Waals surface area (Å²) >= 11 is 6.43. The second kappa shape index (κ2) is 7.69. The fourth-order valence-electron chi connectivity index (χ4n) is 4.46. The minimum Gasteiger partial charge on any atom is -0.384 e. The highest BCUT2D eigenvalue weighted by atomic mass is 35.5. The quantitative estimate of drug-likeness (QED) is 0.890. The first-order valence-corrected chi connectivity index (χ1v) is 9.89. The molecular formula is C22H26ClNO2. The summed E-state index contributed by atoms with van der Waals surface area (Å²) in [5.74, 6) is 0.187. The first-order chi connectivity index (χ1) is 12.7. The lowest BCUT2D eigenvalue weighted by molar-refractivity contribution is -0.0591. The molecule has 2 aromatic rings. The Morgan fingerprint density at radius 3 is 2.62 bits per heavy atom. The molecule has 138 valence electrons. The molecule has 2 aliphatic rings. The maximum Gasteiger partial charge on any atom is 0.0980 e. The second-order valence-corrected chi connectivity index (χ2v) is 7.91. The fraction of sp³-hybridized carbons (Fsp3) is 0.455. The van der Waals surface area contributed by atoms with E-state index in [4.69, 9.17) is 16.3 Å². The van der Waals surface area contributed by atoms with Gasteiger partial charge in [0.05, 0.1) is 18.8 Å². The van der Waals surface area contributed by atoms with Gasteiger partial charge in [-0.1, -0.05) is 54.1 Å². The van der Waals surface area contributed by atoms with Crippen LogP contribution in [-0.2, 0) is 23.2 Å². The van der Waals surface area contributed by atoms with Crippen molar-refractivity contribution in [2.75, 3.05) is 32.8 Å². The van der Waals surface area contributed by atoms with Crippen LogP contribution >= 0.6 is 11.6 Å². The molecule has 3 nitrogen and oxygen atoms in total. The van der Waals surface area contributed by atoms with Gasteiger partial charge < -0.3 is 9.84 Å². The number of fused-ring (bicyclic) bond motifs is 1. The van der Waals surface area contributed by atoms with E-state index in [2.05, 4.69) is 23.1 Å². The number of hydrogen-bond donors (Lipinski definition) is 1. The Hall–Kier alpha value is -1.39. The average Bonchev–Trinajstić information content (AvgIpc) is 2.67. The van der Waals surface area contributed by atoms with Gasteiger partial charge in [0.25, 0.3) is 0 Å². The minimum absolute atomic E-state index is 0.187. The third-order valence-corrected chi connectivity index (χ3v) is 6.29. The van der Waals surface area contributed by atoms with Crippen LogP contribution in [0.5, 0.6) is 0 Å². The lowest BCUT2D eigenvalue weighted by Crippen LogP contribution is -2.49. The number of morpholine rings is 1. The van der Waals surface area contributed by atoms with Crippen LogP contribution in [-0.4, -0.2) is 42.9 Å². The summed E-state index contributed by atoms with van der Waals surface area (Å²) < 4.78 is 5.49. The molecule has 26 heavy (non-hydrogen) atoms. The van der Waals surface area contributed by atoms with Crippen LogP contribution in [0.3, 0.4) is 0 Å². The molecule has 4 heteroatoms. The Morgan fingerprint density at radius 1 is 1.08 bits per heavy atom. The summed E-state index contributed by atoms with van der Waals surface area (Å²) in [5.41, 5.74) is 2.46. The zero-order valence-electron chi connectivity index (χ0n) is 15.0. The Kier molecular flexibility index (Phi) is 5.32. The molecule has 1 N–H and O–H groups in total. The zero-order valence-corrected chi connectivity index (χ0v) is 15.8. The summed E-state index contributed by atoms with van der Waals surface area (Å²) in [7, 11) is 0. The van der Waals surface area contributed by atoms with Crippen molar-refractivity contribution in [1.29, 1.82) is 0 Å². The van der Waals surface area contributed by atoms with E-state index in [0.29, 0.717) is 6.42 Å². The minimum atomic E-state index is -0.891. The Labute approximate surface area is 160 Å². The molecule has 1 saturated heterocycles. The molecule has 0 amide bonds. The number of ether oxygens (including phenoxy) is 1. The molecule has 1 fully saturated rings. The van der Waals surface area contributed by atoms with E-state index in [0.717, 1.165) is 61.8 Å². The SMILES string of the molecule is OC1(Cc2ccccc2Cl)c2ccccc2CCC1CN1CCOCC1. The molecule has 2 atom stereocenters. The standard InChI is InChI=1S/C22H26ClNO2/c23-21-8-4-2-6-18(21)15-22(25)19(16-24-11-13-26-14-12-24)10-9-17-5-1-3-7-20(17)22/h1-8,19,25H,9-16H2. The largest absolute Gasteiger partial charge is 0.384 e. The summed E-state index contributed by atoms with van der Waals surface area (Å²) in [4.78, 5) is 2.43. The third-order valence-electron chi connectivity index (χ3n) is 5.92. The predicted octanol–water partition coefficient (Wildman–Crippen LogP) is 3.66. The molecule has 0 aromatic heterocycles. The van der Waals surface area contributed by atoms with Crippen molar-refractivity contribution < 1.29 is 9.84 Å². The maximum atomic E-state index is 12.0. The zero-order chi connectivity index (χ0) is 18.0. The van der Waals surface area contributed by atoms with Gasteiger partial charge in [0.2, 0.25) is 0 Å². The lowest BCUT2D eigenvalue weighted by Gasteiger charge is -2.44. The van der Waals surface area contributed by atoms with Gasteiger partial charge >= 0.3 is 0 Å². The van der Waals surface area contributed by atoms with Crippen molar-refractivity contribution in [2.45, 2.75) is 24.9 Å². The molecule has 0 saturated carbocycles. The molecule has 1 heterocycles. The van der Waals surface area contributed by atoms with Crippen molar-refractivity contribution in [1.82, 2.24) is 4.90 Å². The van der Waals surface area contributed by atoms with Gasteiger partial charge in [-0.15, -0.1) is 0 Å². The molecule has 2 aromatic carbocycles. The number of rotatable bonds is 4. The van der Waals surface area contributed by atoms with E-state index < -0.39 is 5.60 Å². The Morgan fingerprint density at radius 2 is 1.81 bits per heavy atom. The second-order valence-electron chi connectivity index (χ2n) is 7.50. The van der Waals surface area contributed by atoms with Gasteiger partial charge in [-0.05, 0) is 35.6 Å². The van der Waals surface area contributed by atoms with Gasteiger partial charge in [-0.25, -0.2) is 0 Å². The summed E-state index contributed by atoms with van der Waals surface area (Å²) in [6.07, 6.45) is 2.57. The number of hydrogen-bond acceptors (Lipinski definition) is 3. The molecular weight excluding hydrogens is 346 g/mol. The van der Waals surface area contributed by atoms with Crippen LogP contribution in [0.4, 0.5) is 0 Å². The highest BCUT2D eigenvalue weighted by Crippen LogP contribution is 2.43. The van der Waals surface area contributed by atoms with Gasteiger partial charge in [-0.3, -0.25) is 4.90 Å². The molecule has 1 aliphatic heterocycles. The van der Waals surface area contributed by atoms with E-state index in [9.17, 15) is 5.11 Å². The number of nitrogens with zero attached hydrogens (tertiary/aromatic N) is 1. The molecule has 0 radical (unpaired) electrons. The van der Waals surface area contributed by atoms with E-state index >= 15 is 0 Å². The molecule has 2 unspecified atom stereocenters. The summed E-state index contributed by atoms with van der Waals surface area (Å²) in [6.45, 7) is 4.36. The highest BCUT2D eigenvalue weighted by molar-refractivity contribution is 6.31. The Balaban J connectivity index is 1.67. The Bertz CT molecular complexity index is 759. The molecule has 0 spiro atoms. The maximum absolute atomic E-state index is 12.0. The molecule has 4 rings (SSSR count). The van der Waals surface area contributed by atoms with Crippen LogP contribution in [0.15, 0.2) is 48.5 Å². The first kappa shape index (κ1) is 18.0. The smallest absolute Gasteiger partial charge is 0.0980 e. The third kappa shape index (κ3) is 3.54. The summed E-state index contributed by atoms with van der Waals surface area (Å²) in [6, 6.07) is 16.2. The van der Waals surface area contributed by atoms with Crippen molar-refractivity contribution in [2.24, 2.45) is 5.92 Å². The van der Waals surface area contributed by atoms with E-state index in [-0.39, 0.29) is 5.92 Å². The van der Waals surface area contributed by atoms with Crippen LogP contribution in [0, 0.1) is 5.92 Å². The van der Waals surface area contributed by atoms with Gasteiger partial charge in [0, 0.05) is 37.0 Å². The monoisotopic (exact) mass is 371 g/mol. The van der Waals surface area contributed by atoms with Crippen molar-refractivity contribution in [3.05, 3.63) is 70.2 Å². The van der Waals surface area contributed by atoms with Crippen LogP contribution < -0.4 is 0 Å². The molecule has 0 bridgehead atoms. The lowest BCUT2D eigenvalue weighted by atomic mass is 9.68. The van der Waals surface area contributed by atoms with Gasteiger partial charge in [0.1, 0.15) is 0 Å². The normalized spacial score (nSPS) is 26.5. The predicted molar refractivity (Wildman–Crippen MR) is 105 cm³/mol. The first-order valence-electron chi connectivity index (χ1n) is 9.51. The number of aryl methyl sites for hydroxylation is 1. The number of halogens is 1. The summed E-state index contributed by atoms with van der Waals surface area (Å²) in [5, 5.41) is 12.7. The van der Waals surface area contributed by atoms with Crippen LogP contribution in [0.2, 0.25) is 5.02 Å². The molecule has 1 aliphatic carbocycles.